The van der Waals surface area contributed by atoms with Crippen LogP contribution in [0.25, 0.3) is 22.6 Å². The van der Waals surface area contributed by atoms with Crippen LogP contribution in [0.4, 0.5) is 18.9 Å². The van der Waals surface area contributed by atoms with Crippen LogP contribution in [0.5, 0.6) is 0 Å². The van der Waals surface area contributed by atoms with Gasteiger partial charge >= 0.3 is 6.18 Å². The number of halogens is 4. The maximum absolute atomic E-state index is 13.3. The van der Waals surface area contributed by atoms with Crippen molar-refractivity contribution in [1.29, 1.82) is 5.26 Å². The van der Waals surface area contributed by atoms with Crippen LogP contribution >= 0.6 is 11.6 Å². The van der Waals surface area contributed by atoms with Crippen molar-refractivity contribution in [3.8, 4) is 28.7 Å². The minimum absolute atomic E-state index is 0.138. The molecule has 11 heteroatoms. The molecule has 0 unspecified atom stereocenters. The van der Waals surface area contributed by atoms with Crippen LogP contribution in [0.15, 0.2) is 55.1 Å². The van der Waals surface area contributed by atoms with Crippen molar-refractivity contribution in [2.24, 2.45) is 0 Å². The number of benzene rings is 1. The molecule has 0 atom stereocenters. The highest BCUT2D eigenvalue weighted by Crippen LogP contribution is 2.32. The van der Waals surface area contributed by atoms with E-state index < -0.39 is 11.9 Å². The molecule has 0 spiro atoms. The third-order valence-corrected chi connectivity index (χ3v) is 4.79. The molecule has 0 amide bonds. The van der Waals surface area contributed by atoms with Gasteiger partial charge < -0.3 is 5.32 Å². The van der Waals surface area contributed by atoms with Crippen molar-refractivity contribution in [3.05, 3.63) is 77.0 Å². The first-order chi connectivity index (χ1) is 15.3. The van der Waals surface area contributed by atoms with Gasteiger partial charge in [0.05, 0.1) is 22.5 Å². The van der Waals surface area contributed by atoms with Crippen molar-refractivity contribution < 1.29 is 13.2 Å². The Bertz CT molecular complexity index is 1280. The lowest BCUT2D eigenvalue weighted by Crippen LogP contribution is -2.10. The quantitative estimate of drug-likeness (QED) is 0.434. The highest BCUT2D eigenvalue weighted by Gasteiger charge is 2.33. The fraction of sp³-hybridized carbons (Fsp3) is 0.0952. The molecule has 4 rings (SSSR count). The van der Waals surface area contributed by atoms with Crippen LogP contribution < -0.4 is 5.32 Å². The Balaban J connectivity index is 1.54. The van der Waals surface area contributed by atoms with Gasteiger partial charge in [-0.15, -0.1) is 0 Å². The summed E-state index contributed by atoms with van der Waals surface area (Å²) in [4.78, 5) is 12.2. The Morgan fingerprint density at radius 2 is 1.84 bits per heavy atom. The number of anilines is 1. The SMILES string of the molecule is N#Cc1cc(-c2ncc(CNc3cc(-c4cn[nH]c4)nc(C(F)(F)F)c3)cn2)ccc1Cl. The van der Waals surface area contributed by atoms with Crippen molar-refractivity contribution in [2.75, 3.05) is 5.32 Å². The molecule has 3 aromatic heterocycles. The average Bonchev–Trinajstić information content (AvgIpc) is 3.33. The number of alkyl halides is 3. The summed E-state index contributed by atoms with van der Waals surface area (Å²) in [6.07, 6.45) is 1.38. The van der Waals surface area contributed by atoms with Crippen molar-refractivity contribution >= 4 is 17.3 Å². The van der Waals surface area contributed by atoms with E-state index in [0.717, 1.165) is 6.07 Å². The summed E-state index contributed by atoms with van der Waals surface area (Å²) in [6, 6.07) is 9.32. The van der Waals surface area contributed by atoms with Gasteiger partial charge in [0.15, 0.2) is 5.82 Å². The number of nitrogens with one attached hydrogen (secondary N) is 2. The van der Waals surface area contributed by atoms with Crippen LogP contribution in [-0.2, 0) is 12.7 Å². The van der Waals surface area contributed by atoms with Gasteiger partial charge in [-0.1, -0.05) is 11.6 Å². The van der Waals surface area contributed by atoms with E-state index in [1.165, 1.54) is 18.5 Å². The number of nitrogens with zero attached hydrogens (tertiary/aromatic N) is 5. The Kier molecular flexibility index (Phi) is 5.75. The molecule has 1 aromatic carbocycles. The number of rotatable bonds is 5. The second kappa shape index (κ2) is 8.64. The lowest BCUT2D eigenvalue weighted by molar-refractivity contribution is -0.141. The van der Waals surface area contributed by atoms with E-state index in [9.17, 15) is 13.2 Å². The highest BCUT2D eigenvalue weighted by atomic mass is 35.5. The number of hydrogen-bond acceptors (Lipinski definition) is 6. The first-order valence-corrected chi connectivity index (χ1v) is 9.54. The van der Waals surface area contributed by atoms with Crippen LogP contribution in [0, 0.1) is 11.3 Å². The van der Waals surface area contributed by atoms with E-state index in [1.54, 1.807) is 30.6 Å². The van der Waals surface area contributed by atoms with Gasteiger partial charge in [-0.3, -0.25) is 5.10 Å². The Labute approximate surface area is 184 Å². The predicted molar refractivity (Wildman–Crippen MR) is 111 cm³/mol. The normalized spacial score (nSPS) is 11.2. The molecule has 0 fully saturated rings. The second-order valence-electron chi connectivity index (χ2n) is 6.69. The second-order valence-corrected chi connectivity index (χ2v) is 7.09. The van der Waals surface area contributed by atoms with Crippen LogP contribution in [0.1, 0.15) is 16.8 Å². The molecule has 0 aliphatic carbocycles. The first kappa shape index (κ1) is 21.3. The molecular weight excluding hydrogens is 443 g/mol. The minimum atomic E-state index is -4.60. The van der Waals surface area contributed by atoms with Gasteiger partial charge in [0.1, 0.15) is 11.8 Å². The smallest absolute Gasteiger partial charge is 0.381 e. The Morgan fingerprint density at radius 3 is 2.50 bits per heavy atom. The van der Waals surface area contributed by atoms with Gasteiger partial charge in [-0.05, 0) is 30.3 Å². The van der Waals surface area contributed by atoms with Crippen molar-refractivity contribution in [3.63, 3.8) is 0 Å². The lowest BCUT2D eigenvalue weighted by atomic mass is 10.1. The lowest BCUT2D eigenvalue weighted by Gasteiger charge is -2.12. The summed E-state index contributed by atoms with van der Waals surface area (Å²) in [7, 11) is 0. The maximum Gasteiger partial charge on any atom is 0.433 e. The third-order valence-electron chi connectivity index (χ3n) is 4.46. The molecule has 0 saturated heterocycles. The standard InChI is InChI=1S/C21H13ClF3N7/c22-17-2-1-13(3-14(17)6-26)20-28-8-12(9-29-20)7-27-16-4-18(15-10-30-31-11-15)32-19(5-16)21(23,24)25/h1-5,8-11H,7H2,(H,27,32)(H,30,31). The molecule has 0 bridgehead atoms. The number of nitriles is 1. The first-order valence-electron chi connectivity index (χ1n) is 9.17. The average molecular weight is 456 g/mol. The summed E-state index contributed by atoms with van der Waals surface area (Å²) in [5, 5.41) is 18.7. The zero-order valence-electron chi connectivity index (χ0n) is 16.2. The van der Waals surface area contributed by atoms with Gasteiger partial charge in [-0.2, -0.15) is 23.5 Å². The van der Waals surface area contributed by atoms with Crippen LogP contribution in [0.3, 0.4) is 0 Å². The maximum atomic E-state index is 13.3. The zero-order valence-corrected chi connectivity index (χ0v) is 16.9. The third kappa shape index (κ3) is 4.68. The number of aromatic nitrogens is 5. The van der Waals surface area contributed by atoms with Gasteiger partial charge in [0.25, 0.3) is 0 Å². The number of hydrogen-bond donors (Lipinski definition) is 2. The molecule has 160 valence electrons. The highest BCUT2D eigenvalue weighted by molar-refractivity contribution is 6.31. The van der Waals surface area contributed by atoms with E-state index in [2.05, 4.69) is 30.5 Å². The summed E-state index contributed by atoms with van der Waals surface area (Å²) < 4.78 is 39.8. The molecule has 3 heterocycles. The minimum Gasteiger partial charge on any atom is -0.381 e. The topological polar surface area (TPSA) is 103 Å². The van der Waals surface area contributed by atoms with Gasteiger partial charge in [0.2, 0.25) is 0 Å². The van der Waals surface area contributed by atoms with E-state index in [1.807, 2.05) is 6.07 Å². The van der Waals surface area contributed by atoms with E-state index in [0.29, 0.717) is 33.1 Å². The van der Waals surface area contributed by atoms with Crippen molar-refractivity contribution in [1.82, 2.24) is 25.1 Å². The summed E-state index contributed by atoms with van der Waals surface area (Å²) in [5.41, 5.74) is 1.39. The molecule has 0 aliphatic heterocycles. The summed E-state index contributed by atoms with van der Waals surface area (Å²) >= 11 is 5.94. The molecule has 0 radical (unpaired) electrons. The molecule has 2 N–H and O–H groups in total. The van der Waals surface area contributed by atoms with Crippen LogP contribution in [-0.4, -0.2) is 25.1 Å². The molecule has 0 saturated carbocycles. The van der Waals surface area contributed by atoms with E-state index in [-0.39, 0.29) is 17.9 Å². The number of aromatic amines is 1. The Morgan fingerprint density at radius 1 is 1.06 bits per heavy atom. The molecule has 7 nitrogen and oxygen atoms in total. The van der Waals surface area contributed by atoms with Gasteiger partial charge in [0, 0.05) is 47.5 Å². The predicted octanol–water partition coefficient (Wildman–Crippen LogP) is 5.08. The van der Waals surface area contributed by atoms with Gasteiger partial charge in [-0.25, -0.2) is 15.0 Å². The summed E-state index contributed by atoms with van der Waals surface area (Å²) in [6.45, 7) is 0.191. The van der Waals surface area contributed by atoms with Crippen molar-refractivity contribution in [2.45, 2.75) is 12.7 Å². The Hall–Kier alpha value is -3.97. The molecule has 32 heavy (non-hydrogen) atoms. The monoisotopic (exact) mass is 455 g/mol. The number of H-pyrrole nitrogens is 1. The molecule has 4 aromatic rings. The fourth-order valence-corrected chi connectivity index (χ4v) is 3.03. The van der Waals surface area contributed by atoms with E-state index >= 15 is 0 Å². The van der Waals surface area contributed by atoms with Crippen LogP contribution in [0.2, 0.25) is 5.02 Å². The summed E-state index contributed by atoms with van der Waals surface area (Å²) in [5.74, 6) is 0.396. The largest absolute Gasteiger partial charge is 0.433 e. The molecule has 0 aliphatic rings. The van der Waals surface area contributed by atoms with E-state index in [4.69, 9.17) is 16.9 Å². The molecular formula is C21H13ClF3N7. The number of pyridine rings is 1. The fourth-order valence-electron chi connectivity index (χ4n) is 2.87. The zero-order chi connectivity index (χ0) is 22.7.